The summed E-state index contributed by atoms with van der Waals surface area (Å²) in [5.74, 6) is 1.41. The van der Waals surface area contributed by atoms with E-state index < -0.39 is 0 Å². The van der Waals surface area contributed by atoms with Gasteiger partial charge in [-0.3, -0.25) is 4.98 Å². The van der Waals surface area contributed by atoms with Crippen molar-refractivity contribution in [1.29, 1.82) is 0 Å². The lowest BCUT2D eigenvalue weighted by atomic mass is 9.79. The molecule has 1 aromatic rings. The summed E-state index contributed by atoms with van der Waals surface area (Å²) in [6.07, 6.45) is 5.52. The summed E-state index contributed by atoms with van der Waals surface area (Å²) in [6, 6.07) is 3.83. The van der Waals surface area contributed by atoms with Crippen molar-refractivity contribution >= 4 is 0 Å². The van der Waals surface area contributed by atoms with E-state index in [1.165, 1.54) is 19.3 Å². The lowest BCUT2D eigenvalue weighted by Crippen LogP contribution is -2.27. The predicted octanol–water partition coefficient (Wildman–Crippen LogP) is 1.89. The van der Waals surface area contributed by atoms with Crippen molar-refractivity contribution in [3.63, 3.8) is 0 Å². The second-order valence-corrected chi connectivity index (χ2v) is 3.81. The molecular formula is C11H16N2O. The first-order chi connectivity index (χ1) is 6.83. The smallest absolute Gasteiger partial charge is 0.141 e. The predicted molar refractivity (Wildman–Crippen MR) is 55.1 cm³/mol. The van der Waals surface area contributed by atoms with E-state index in [-0.39, 0.29) is 6.04 Å². The van der Waals surface area contributed by atoms with E-state index in [1.54, 1.807) is 13.3 Å². The normalized spacial score (nSPS) is 18.7. The van der Waals surface area contributed by atoms with E-state index in [0.717, 1.165) is 11.4 Å². The summed E-state index contributed by atoms with van der Waals surface area (Å²) < 4.78 is 5.24. The van der Waals surface area contributed by atoms with Gasteiger partial charge in [0.1, 0.15) is 5.75 Å². The Kier molecular flexibility index (Phi) is 2.68. The maximum absolute atomic E-state index is 6.13. The van der Waals surface area contributed by atoms with Crippen LogP contribution >= 0.6 is 0 Å². The van der Waals surface area contributed by atoms with Gasteiger partial charge in [0.25, 0.3) is 0 Å². The van der Waals surface area contributed by atoms with Gasteiger partial charge in [-0.15, -0.1) is 0 Å². The molecule has 14 heavy (non-hydrogen) atoms. The monoisotopic (exact) mass is 192 g/mol. The molecule has 1 aliphatic rings. The highest BCUT2D eigenvalue weighted by atomic mass is 16.5. The number of rotatable bonds is 3. The average molecular weight is 192 g/mol. The number of aromatic nitrogens is 1. The number of ether oxygens (including phenoxy) is 1. The minimum absolute atomic E-state index is 0.0416. The van der Waals surface area contributed by atoms with Crippen molar-refractivity contribution in [2.24, 2.45) is 11.7 Å². The maximum atomic E-state index is 6.13. The second-order valence-electron chi connectivity index (χ2n) is 3.81. The third kappa shape index (κ3) is 1.60. The van der Waals surface area contributed by atoms with E-state index in [0.29, 0.717) is 5.92 Å². The first kappa shape index (κ1) is 9.46. The second kappa shape index (κ2) is 3.96. The molecule has 0 spiro atoms. The Bertz CT molecular complexity index is 310. The van der Waals surface area contributed by atoms with Crippen LogP contribution in [0.25, 0.3) is 0 Å². The highest BCUT2D eigenvalue weighted by molar-refractivity contribution is 5.29. The van der Waals surface area contributed by atoms with Gasteiger partial charge in [-0.25, -0.2) is 0 Å². The molecule has 0 radical (unpaired) electrons. The molecule has 1 aromatic heterocycles. The highest BCUT2D eigenvalue weighted by Crippen LogP contribution is 2.37. The summed E-state index contributed by atoms with van der Waals surface area (Å²) in [6.45, 7) is 0. The number of hydrogen-bond acceptors (Lipinski definition) is 3. The van der Waals surface area contributed by atoms with E-state index in [4.69, 9.17) is 10.5 Å². The molecule has 2 rings (SSSR count). The molecule has 0 aliphatic heterocycles. The van der Waals surface area contributed by atoms with Crippen LogP contribution in [0.4, 0.5) is 0 Å². The molecule has 1 unspecified atom stereocenters. The fraction of sp³-hybridized carbons (Fsp3) is 0.545. The largest absolute Gasteiger partial charge is 0.495 e. The SMILES string of the molecule is COc1cccnc1C(N)C1CCC1. The van der Waals surface area contributed by atoms with Crippen molar-refractivity contribution in [3.05, 3.63) is 24.0 Å². The number of nitrogens with two attached hydrogens (primary N) is 1. The summed E-state index contributed by atoms with van der Waals surface area (Å²) in [4.78, 5) is 4.30. The number of methoxy groups -OCH3 is 1. The Morgan fingerprint density at radius 2 is 2.36 bits per heavy atom. The minimum atomic E-state index is 0.0416. The Hall–Kier alpha value is -1.09. The lowest BCUT2D eigenvalue weighted by molar-refractivity contribution is 0.256. The fourth-order valence-corrected chi connectivity index (χ4v) is 1.85. The Morgan fingerprint density at radius 3 is 2.93 bits per heavy atom. The first-order valence-corrected chi connectivity index (χ1v) is 5.07. The van der Waals surface area contributed by atoms with Crippen molar-refractivity contribution < 1.29 is 4.74 Å². The van der Waals surface area contributed by atoms with Gasteiger partial charge >= 0.3 is 0 Å². The van der Waals surface area contributed by atoms with E-state index in [9.17, 15) is 0 Å². The number of nitrogens with zero attached hydrogens (tertiary/aromatic N) is 1. The summed E-state index contributed by atoms with van der Waals surface area (Å²) in [5.41, 5.74) is 7.04. The van der Waals surface area contributed by atoms with E-state index in [2.05, 4.69) is 4.98 Å². The zero-order valence-corrected chi connectivity index (χ0v) is 8.44. The molecule has 0 bridgehead atoms. The molecule has 2 N–H and O–H groups in total. The molecule has 1 aliphatic carbocycles. The van der Waals surface area contributed by atoms with Gasteiger partial charge in [-0.05, 0) is 30.9 Å². The maximum Gasteiger partial charge on any atom is 0.141 e. The first-order valence-electron chi connectivity index (χ1n) is 5.07. The molecule has 3 heteroatoms. The van der Waals surface area contributed by atoms with Crippen LogP contribution in [0, 0.1) is 5.92 Å². The van der Waals surface area contributed by atoms with Crippen LogP contribution in [0.2, 0.25) is 0 Å². The highest BCUT2D eigenvalue weighted by Gasteiger charge is 2.28. The molecule has 1 fully saturated rings. The third-order valence-electron chi connectivity index (χ3n) is 2.99. The van der Waals surface area contributed by atoms with Gasteiger partial charge in [-0.1, -0.05) is 6.42 Å². The molecule has 0 saturated heterocycles. The summed E-state index contributed by atoms with van der Waals surface area (Å²) in [7, 11) is 1.66. The number of pyridine rings is 1. The van der Waals surface area contributed by atoms with Crippen molar-refractivity contribution in [3.8, 4) is 5.75 Å². The van der Waals surface area contributed by atoms with Crippen LogP contribution in [0.1, 0.15) is 31.0 Å². The fourth-order valence-electron chi connectivity index (χ4n) is 1.85. The van der Waals surface area contributed by atoms with Gasteiger partial charge in [0.15, 0.2) is 0 Å². The molecule has 0 amide bonds. The van der Waals surface area contributed by atoms with Gasteiger partial charge in [0.05, 0.1) is 18.8 Å². The Labute approximate surface area is 84.3 Å². The van der Waals surface area contributed by atoms with Gasteiger partial charge in [0.2, 0.25) is 0 Å². The molecule has 1 saturated carbocycles. The number of hydrogen-bond donors (Lipinski definition) is 1. The molecule has 76 valence electrons. The van der Waals surface area contributed by atoms with Gasteiger partial charge in [0, 0.05) is 6.20 Å². The summed E-state index contributed by atoms with van der Waals surface area (Å²) in [5, 5.41) is 0. The van der Waals surface area contributed by atoms with Crippen LogP contribution < -0.4 is 10.5 Å². The van der Waals surface area contributed by atoms with Crippen molar-refractivity contribution in [1.82, 2.24) is 4.98 Å². The Balaban J connectivity index is 2.20. The molecule has 1 heterocycles. The van der Waals surface area contributed by atoms with Crippen molar-refractivity contribution in [2.45, 2.75) is 25.3 Å². The zero-order valence-electron chi connectivity index (χ0n) is 8.44. The summed E-state index contributed by atoms with van der Waals surface area (Å²) >= 11 is 0. The molecule has 1 atom stereocenters. The molecule has 3 nitrogen and oxygen atoms in total. The van der Waals surface area contributed by atoms with Crippen LogP contribution in [0.3, 0.4) is 0 Å². The van der Waals surface area contributed by atoms with Crippen LogP contribution in [0.15, 0.2) is 18.3 Å². The minimum Gasteiger partial charge on any atom is -0.495 e. The van der Waals surface area contributed by atoms with Gasteiger partial charge < -0.3 is 10.5 Å². The van der Waals surface area contributed by atoms with Crippen molar-refractivity contribution in [2.75, 3.05) is 7.11 Å². The average Bonchev–Trinajstić information content (AvgIpc) is 2.15. The Morgan fingerprint density at radius 1 is 1.57 bits per heavy atom. The van der Waals surface area contributed by atoms with E-state index in [1.807, 2.05) is 12.1 Å². The van der Waals surface area contributed by atoms with Crippen LogP contribution in [-0.2, 0) is 0 Å². The molecule has 0 aromatic carbocycles. The van der Waals surface area contributed by atoms with E-state index >= 15 is 0 Å². The lowest BCUT2D eigenvalue weighted by Gasteiger charge is -2.31. The quantitative estimate of drug-likeness (QED) is 0.795. The third-order valence-corrected chi connectivity index (χ3v) is 2.99. The standard InChI is InChI=1S/C11H16N2O/c1-14-9-6-3-7-13-11(9)10(12)8-4-2-5-8/h3,6-8,10H,2,4-5,12H2,1H3. The van der Waals surface area contributed by atoms with Crippen LogP contribution in [-0.4, -0.2) is 12.1 Å². The zero-order chi connectivity index (χ0) is 9.97. The topological polar surface area (TPSA) is 48.1 Å². The van der Waals surface area contributed by atoms with Gasteiger partial charge in [-0.2, -0.15) is 0 Å². The molecular weight excluding hydrogens is 176 g/mol. The van der Waals surface area contributed by atoms with Crippen LogP contribution in [0.5, 0.6) is 5.75 Å².